The summed E-state index contributed by atoms with van der Waals surface area (Å²) in [7, 11) is 0. The van der Waals surface area contributed by atoms with Gasteiger partial charge in [0.15, 0.2) is 0 Å². The summed E-state index contributed by atoms with van der Waals surface area (Å²) in [4.78, 5) is 0. The molecule has 4 heteroatoms. The number of aromatic nitrogens is 2. The zero-order valence-electron chi connectivity index (χ0n) is 11.9. The van der Waals surface area contributed by atoms with Crippen LogP contribution in [0.1, 0.15) is 35.4 Å². The molecule has 2 aromatic rings. The highest BCUT2D eigenvalue weighted by molar-refractivity contribution is 9.10. The summed E-state index contributed by atoms with van der Waals surface area (Å²) in [5, 5.41) is 4.54. The average molecular weight is 334 g/mol. The zero-order chi connectivity index (χ0) is 14.3. The summed E-state index contributed by atoms with van der Waals surface area (Å²) in [5.41, 5.74) is 11.6. The zero-order valence-corrected chi connectivity index (χ0v) is 13.5. The molecule has 0 amide bonds. The molecule has 1 aliphatic rings. The summed E-state index contributed by atoms with van der Waals surface area (Å²) in [6.07, 6.45) is 1.97. The molecule has 0 saturated heterocycles. The molecule has 1 aromatic heterocycles. The van der Waals surface area contributed by atoms with E-state index in [9.17, 15) is 0 Å². The lowest BCUT2D eigenvalue weighted by atomic mass is 9.73. The number of fused-ring (bicyclic) bond motifs is 1. The van der Waals surface area contributed by atoms with Gasteiger partial charge in [0.05, 0.1) is 15.9 Å². The fourth-order valence-electron chi connectivity index (χ4n) is 3.11. The molecule has 2 N–H and O–H groups in total. The second-order valence-electron chi connectivity index (χ2n) is 5.54. The van der Waals surface area contributed by atoms with Crippen molar-refractivity contribution in [3.63, 3.8) is 0 Å². The number of nitrogens with two attached hydrogens (primary N) is 1. The number of hydrogen-bond donors (Lipinski definition) is 1. The molecule has 3 rings (SSSR count). The topological polar surface area (TPSA) is 43.8 Å². The van der Waals surface area contributed by atoms with Crippen LogP contribution >= 0.6 is 15.9 Å². The predicted molar refractivity (Wildman–Crippen MR) is 84.9 cm³/mol. The Bertz CT molecular complexity index is 633. The first-order valence-corrected chi connectivity index (χ1v) is 7.96. The number of benzene rings is 1. The second-order valence-corrected chi connectivity index (χ2v) is 6.33. The molecule has 2 unspecified atom stereocenters. The molecule has 20 heavy (non-hydrogen) atoms. The van der Waals surface area contributed by atoms with E-state index in [2.05, 4.69) is 56.9 Å². The number of halogens is 1. The van der Waals surface area contributed by atoms with E-state index in [1.54, 1.807) is 0 Å². The van der Waals surface area contributed by atoms with Gasteiger partial charge < -0.3 is 5.73 Å². The van der Waals surface area contributed by atoms with Gasteiger partial charge in [-0.1, -0.05) is 24.3 Å². The van der Waals surface area contributed by atoms with Gasteiger partial charge in [0.1, 0.15) is 0 Å². The Morgan fingerprint density at radius 3 is 2.90 bits per heavy atom. The van der Waals surface area contributed by atoms with Crippen LogP contribution in [0.2, 0.25) is 0 Å². The SMILES string of the molecule is CCn1nc(C)c(Br)c1CC(N)C1Cc2ccccc21. The maximum atomic E-state index is 6.47. The first-order chi connectivity index (χ1) is 9.61. The second kappa shape index (κ2) is 5.34. The molecular formula is C16H20BrN3. The van der Waals surface area contributed by atoms with Crippen LogP contribution in [0.15, 0.2) is 28.7 Å². The molecule has 1 heterocycles. The maximum Gasteiger partial charge on any atom is 0.0738 e. The number of aryl methyl sites for hydroxylation is 2. The van der Waals surface area contributed by atoms with Crippen LogP contribution in [-0.2, 0) is 19.4 Å². The first-order valence-electron chi connectivity index (χ1n) is 7.17. The Morgan fingerprint density at radius 2 is 2.20 bits per heavy atom. The molecule has 0 bridgehead atoms. The van der Waals surface area contributed by atoms with E-state index in [-0.39, 0.29) is 6.04 Å². The van der Waals surface area contributed by atoms with E-state index in [0.717, 1.165) is 29.6 Å². The normalized spacial score (nSPS) is 18.5. The summed E-state index contributed by atoms with van der Waals surface area (Å²) < 4.78 is 3.17. The molecule has 1 aromatic carbocycles. The monoisotopic (exact) mass is 333 g/mol. The van der Waals surface area contributed by atoms with Gasteiger partial charge in [-0.15, -0.1) is 0 Å². The molecule has 0 aliphatic heterocycles. The van der Waals surface area contributed by atoms with Crippen LogP contribution < -0.4 is 5.73 Å². The van der Waals surface area contributed by atoms with Crippen molar-refractivity contribution in [2.24, 2.45) is 5.73 Å². The van der Waals surface area contributed by atoms with Crippen molar-refractivity contribution in [1.82, 2.24) is 9.78 Å². The highest BCUT2D eigenvalue weighted by Crippen LogP contribution is 2.38. The van der Waals surface area contributed by atoms with E-state index in [0.29, 0.717) is 5.92 Å². The fraction of sp³-hybridized carbons (Fsp3) is 0.438. The predicted octanol–water partition coefficient (Wildman–Crippen LogP) is 3.18. The molecule has 0 fully saturated rings. The van der Waals surface area contributed by atoms with Gasteiger partial charge in [-0.25, -0.2) is 0 Å². The minimum Gasteiger partial charge on any atom is -0.327 e. The van der Waals surface area contributed by atoms with Crippen molar-refractivity contribution in [3.8, 4) is 0 Å². The molecule has 0 radical (unpaired) electrons. The fourth-order valence-corrected chi connectivity index (χ4v) is 3.55. The van der Waals surface area contributed by atoms with Crippen molar-refractivity contribution < 1.29 is 0 Å². The molecular weight excluding hydrogens is 314 g/mol. The van der Waals surface area contributed by atoms with Crippen molar-refractivity contribution in [2.75, 3.05) is 0 Å². The Morgan fingerprint density at radius 1 is 1.45 bits per heavy atom. The van der Waals surface area contributed by atoms with E-state index in [1.807, 2.05) is 6.92 Å². The highest BCUT2D eigenvalue weighted by atomic mass is 79.9. The van der Waals surface area contributed by atoms with Crippen LogP contribution in [0, 0.1) is 6.92 Å². The third-order valence-electron chi connectivity index (χ3n) is 4.29. The summed E-state index contributed by atoms with van der Waals surface area (Å²) >= 11 is 3.65. The lowest BCUT2D eigenvalue weighted by molar-refractivity contribution is 0.464. The Hall–Kier alpha value is -1.13. The largest absolute Gasteiger partial charge is 0.327 e. The molecule has 0 saturated carbocycles. The molecule has 106 valence electrons. The molecule has 0 spiro atoms. The van der Waals surface area contributed by atoms with Crippen molar-refractivity contribution in [1.29, 1.82) is 0 Å². The van der Waals surface area contributed by atoms with E-state index >= 15 is 0 Å². The van der Waals surface area contributed by atoms with Crippen LogP contribution in [-0.4, -0.2) is 15.8 Å². The van der Waals surface area contributed by atoms with Crippen LogP contribution in [0.3, 0.4) is 0 Å². The third-order valence-corrected chi connectivity index (χ3v) is 5.32. The van der Waals surface area contributed by atoms with Crippen LogP contribution in [0.25, 0.3) is 0 Å². The Kier molecular flexibility index (Phi) is 3.69. The van der Waals surface area contributed by atoms with Gasteiger partial charge >= 0.3 is 0 Å². The first kappa shape index (κ1) is 13.8. The van der Waals surface area contributed by atoms with E-state index in [1.165, 1.54) is 16.8 Å². The quantitative estimate of drug-likeness (QED) is 0.933. The van der Waals surface area contributed by atoms with Gasteiger partial charge in [-0.05, 0) is 47.3 Å². The number of nitrogens with zero attached hydrogens (tertiary/aromatic N) is 2. The van der Waals surface area contributed by atoms with E-state index < -0.39 is 0 Å². The Labute approximate surface area is 128 Å². The Balaban J connectivity index is 1.80. The third kappa shape index (κ3) is 2.21. The molecule has 3 nitrogen and oxygen atoms in total. The summed E-state index contributed by atoms with van der Waals surface area (Å²) in [5.74, 6) is 0.485. The van der Waals surface area contributed by atoms with Gasteiger partial charge in [0.25, 0.3) is 0 Å². The standard InChI is InChI=1S/C16H20BrN3/c1-3-20-15(16(17)10(2)19-20)9-14(18)13-8-11-6-4-5-7-12(11)13/h4-7,13-14H,3,8-9,18H2,1-2H3. The minimum absolute atomic E-state index is 0.155. The summed E-state index contributed by atoms with van der Waals surface area (Å²) in [6, 6.07) is 8.78. The lowest BCUT2D eigenvalue weighted by Crippen LogP contribution is -2.37. The number of hydrogen-bond acceptors (Lipinski definition) is 2. The van der Waals surface area contributed by atoms with Crippen molar-refractivity contribution in [2.45, 2.75) is 45.2 Å². The molecule has 1 aliphatic carbocycles. The lowest BCUT2D eigenvalue weighted by Gasteiger charge is -2.34. The van der Waals surface area contributed by atoms with Crippen molar-refractivity contribution in [3.05, 3.63) is 51.3 Å². The van der Waals surface area contributed by atoms with Gasteiger partial charge in [0, 0.05) is 24.9 Å². The summed E-state index contributed by atoms with van der Waals surface area (Å²) in [6.45, 7) is 5.03. The molecule has 2 atom stereocenters. The van der Waals surface area contributed by atoms with Gasteiger partial charge in [0.2, 0.25) is 0 Å². The van der Waals surface area contributed by atoms with Crippen LogP contribution in [0.5, 0.6) is 0 Å². The van der Waals surface area contributed by atoms with Gasteiger partial charge in [-0.3, -0.25) is 4.68 Å². The minimum atomic E-state index is 0.155. The highest BCUT2D eigenvalue weighted by Gasteiger charge is 2.31. The average Bonchev–Trinajstić information content (AvgIpc) is 2.68. The van der Waals surface area contributed by atoms with Gasteiger partial charge in [-0.2, -0.15) is 5.10 Å². The smallest absolute Gasteiger partial charge is 0.0738 e. The van der Waals surface area contributed by atoms with Crippen LogP contribution in [0.4, 0.5) is 0 Å². The van der Waals surface area contributed by atoms with E-state index in [4.69, 9.17) is 5.73 Å². The maximum absolute atomic E-state index is 6.47. The van der Waals surface area contributed by atoms with Crippen molar-refractivity contribution >= 4 is 15.9 Å². The number of rotatable bonds is 4.